The highest BCUT2D eigenvalue weighted by atomic mass is 35.5. The maximum absolute atomic E-state index is 12.8. The van der Waals surface area contributed by atoms with Crippen molar-refractivity contribution in [3.63, 3.8) is 0 Å². The van der Waals surface area contributed by atoms with Gasteiger partial charge in [-0.25, -0.2) is 4.79 Å². The van der Waals surface area contributed by atoms with E-state index in [9.17, 15) is 32.9 Å². The number of aldehydes is 1. The lowest BCUT2D eigenvalue weighted by Crippen LogP contribution is -2.22. The van der Waals surface area contributed by atoms with Gasteiger partial charge in [-0.2, -0.15) is 13.2 Å². The number of ether oxygens (including phenoxy) is 3. The Hall–Kier alpha value is -3.60. The highest BCUT2D eigenvalue weighted by Crippen LogP contribution is 2.37. The number of nitro benzene ring substituents is 1. The minimum absolute atomic E-state index is 0.140. The van der Waals surface area contributed by atoms with Gasteiger partial charge in [-0.05, 0) is 38.1 Å². The molecule has 1 atom stereocenters. The lowest BCUT2D eigenvalue weighted by Gasteiger charge is -2.14. The molecule has 0 radical (unpaired) electrons. The van der Waals surface area contributed by atoms with Gasteiger partial charge in [-0.15, -0.1) is 0 Å². The Kier molecular flexibility index (Phi) is 8.41. The van der Waals surface area contributed by atoms with Gasteiger partial charge in [0.1, 0.15) is 17.1 Å². The van der Waals surface area contributed by atoms with Crippen LogP contribution in [0, 0.1) is 10.1 Å². The molecule has 12 heteroatoms. The maximum Gasteiger partial charge on any atom is 0.416 e. The van der Waals surface area contributed by atoms with Crippen molar-refractivity contribution in [1.82, 2.24) is 0 Å². The van der Waals surface area contributed by atoms with E-state index in [-0.39, 0.29) is 22.1 Å². The third kappa shape index (κ3) is 6.69. The van der Waals surface area contributed by atoms with Crippen LogP contribution in [0.15, 0.2) is 48.2 Å². The predicted molar refractivity (Wildman–Crippen MR) is 110 cm³/mol. The van der Waals surface area contributed by atoms with Crippen LogP contribution in [0.3, 0.4) is 0 Å². The number of nitro groups is 1. The van der Waals surface area contributed by atoms with Crippen molar-refractivity contribution < 1.29 is 41.9 Å². The third-order valence-corrected chi connectivity index (χ3v) is 4.41. The summed E-state index contributed by atoms with van der Waals surface area (Å²) in [7, 11) is 0. The maximum atomic E-state index is 12.8. The average Bonchev–Trinajstić information content (AvgIpc) is 2.76. The molecule has 0 aromatic heterocycles. The van der Waals surface area contributed by atoms with Crippen molar-refractivity contribution in [1.29, 1.82) is 0 Å². The number of hydrogen-bond donors (Lipinski definition) is 0. The highest BCUT2D eigenvalue weighted by molar-refractivity contribution is 6.32. The molecule has 0 amide bonds. The minimum Gasteiger partial charge on any atom is -0.501 e. The fraction of sp³-hybridized carbons (Fsp3) is 0.238. The van der Waals surface area contributed by atoms with E-state index in [0.717, 1.165) is 30.3 Å². The number of carbonyl (C=O) groups is 2. The third-order valence-electron chi connectivity index (χ3n) is 4.11. The summed E-state index contributed by atoms with van der Waals surface area (Å²) in [4.78, 5) is 34.4. The summed E-state index contributed by atoms with van der Waals surface area (Å²) in [6.45, 7) is 3.46. The quantitative estimate of drug-likeness (QED) is 0.146. The van der Waals surface area contributed by atoms with Crippen LogP contribution in [0.2, 0.25) is 5.02 Å². The van der Waals surface area contributed by atoms with Crippen molar-refractivity contribution in [3.8, 4) is 11.5 Å². The van der Waals surface area contributed by atoms with Crippen LogP contribution in [-0.4, -0.2) is 29.9 Å². The van der Waals surface area contributed by atoms with Crippen molar-refractivity contribution in [2.24, 2.45) is 0 Å². The first-order chi connectivity index (χ1) is 15.5. The molecular formula is C21H17ClF3NO7. The SMILES string of the molecule is CCOC=C(C)C(C=O)OC(=O)c1cc(Oc2ccc(C(F)(F)F)cc2Cl)ccc1[N+](=O)[O-]. The number of esters is 1. The summed E-state index contributed by atoms with van der Waals surface area (Å²) < 4.78 is 53.9. The molecule has 0 aliphatic rings. The summed E-state index contributed by atoms with van der Waals surface area (Å²) in [5, 5.41) is 11.0. The zero-order valence-corrected chi connectivity index (χ0v) is 18.0. The second-order valence-corrected chi connectivity index (χ2v) is 6.87. The molecule has 0 aliphatic heterocycles. The topological polar surface area (TPSA) is 105 Å². The second kappa shape index (κ2) is 10.8. The largest absolute Gasteiger partial charge is 0.501 e. The molecule has 0 aliphatic carbocycles. The zero-order valence-electron chi connectivity index (χ0n) is 17.2. The molecule has 2 rings (SSSR count). The van der Waals surface area contributed by atoms with Gasteiger partial charge in [0.15, 0.2) is 12.4 Å². The molecule has 176 valence electrons. The minimum atomic E-state index is -4.61. The first-order valence-corrected chi connectivity index (χ1v) is 9.63. The molecule has 33 heavy (non-hydrogen) atoms. The number of halogens is 4. The van der Waals surface area contributed by atoms with E-state index in [1.54, 1.807) is 6.92 Å². The summed E-state index contributed by atoms with van der Waals surface area (Å²) in [6.07, 6.45) is -4.45. The second-order valence-electron chi connectivity index (χ2n) is 6.46. The summed E-state index contributed by atoms with van der Waals surface area (Å²) in [5.41, 5.74) is -1.94. The van der Waals surface area contributed by atoms with Crippen LogP contribution in [0.4, 0.5) is 18.9 Å². The Balaban J connectivity index is 2.35. The van der Waals surface area contributed by atoms with Crippen LogP contribution in [0.1, 0.15) is 29.8 Å². The van der Waals surface area contributed by atoms with E-state index in [0.29, 0.717) is 19.0 Å². The Morgan fingerprint density at radius 1 is 1.24 bits per heavy atom. The van der Waals surface area contributed by atoms with E-state index in [1.165, 1.54) is 13.2 Å². The zero-order chi connectivity index (χ0) is 24.8. The predicted octanol–water partition coefficient (Wildman–Crippen LogP) is 5.72. The first kappa shape index (κ1) is 25.7. The summed E-state index contributed by atoms with van der Waals surface area (Å²) in [6, 6.07) is 5.39. The number of nitrogens with zero attached hydrogens (tertiary/aromatic N) is 1. The van der Waals surface area contributed by atoms with E-state index in [1.807, 2.05) is 0 Å². The Morgan fingerprint density at radius 3 is 2.48 bits per heavy atom. The first-order valence-electron chi connectivity index (χ1n) is 9.25. The van der Waals surface area contributed by atoms with Gasteiger partial charge in [-0.3, -0.25) is 14.9 Å². The smallest absolute Gasteiger partial charge is 0.416 e. The van der Waals surface area contributed by atoms with Crippen LogP contribution >= 0.6 is 11.6 Å². The van der Waals surface area contributed by atoms with Crippen molar-refractivity contribution in [2.75, 3.05) is 6.61 Å². The van der Waals surface area contributed by atoms with Gasteiger partial charge in [-0.1, -0.05) is 11.6 Å². The van der Waals surface area contributed by atoms with E-state index in [4.69, 9.17) is 25.8 Å². The number of rotatable bonds is 9. The van der Waals surface area contributed by atoms with Gasteiger partial charge in [0.05, 0.1) is 28.4 Å². The van der Waals surface area contributed by atoms with Gasteiger partial charge in [0, 0.05) is 17.7 Å². The van der Waals surface area contributed by atoms with Gasteiger partial charge in [0.2, 0.25) is 0 Å². The van der Waals surface area contributed by atoms with Crippen LogP contribution in [0.5, 0.6) is 11.5 Å². The Labute approximate surface area is 190 Å². The summed E-state index contributed by atoms with van der Waals surface area (Å²) in [5.74, 6) is -1.52. The van der Waals surface area contributed by atoms with Gasteiger partial charge < -0.3 is 14.2 Å². The number of carbonyl (C=O) groups excluding carboxylic acids is 2. The molecule has 0 saturated heterocycles. The van der Waals surface area contributed by atoms with E-state index >= 15 is 0 Å². The molecule has 2 aromatic carbocycles. The summed E-state index contributed by atoms with van der Waals surface area (Å²) >= 11 is 5.85. The number of alkyl halides is 3. The molecule has 2 aromatic rings. The normalized spacial score (nSPS) is 12.6. The van der Waals surface area contributed by atoms with Crippen molar-refractivity contribution >= 4 is 29.5 Å². The Bertz CT molecular complexity index is 1090. The molecule has 0 heterocycles. The molecule has 0 bridgehead atoms. The molecule has 0 fully saturated rings. The van der Waals surface area contributed by atoms with Gasteiger partial charge >= 0.3 is 12.1 Å². The van der Waals surface area contributed by atoms with E-state index in [2.05, 4.69) is 0 Å². The molecular weight excluding hydrogens is 471 g/mol. The monoisotopic (exact) mass is 487 g/mol. The lowest BCUT2D eigenvalue weighted by molar-refractivity contribution is -0.385. The van der Waals surface area contributed by atoms with Crippen LogP contribution in [0.25, 0.3) is 0 Å². The molecule has 0 N–H and O–H groups in total. The lowest BCUT2D eigenvalue weighted by atomic mass is 10.1. The molecule has 1 unspecified atom stereocenters. The van der Waals surface area contributed by atoms with Crippen LogP contribution < -0.4 is 4.74 Å². The fourth-order valence-electron chi connectivity index (χ4n) is 2.48. The number of hydrogen-bond acceptors (Lipinski definition) is 7. The van der Waals surface area contributed by atoms with Gasteiger partial charge in [0.25, 0.3) is 5.69 Å². The molecule has 8 nitrogen and oxygen atoms in total. The fourth-order valence-corrected chi connectivity index (χ4v) is 2.70. The Morgan fingerprint density at radius 2 is 1.94 bits per heavy atom. The van der Waals surface area contributed by atoms with Crippen molar-refractivity contribution in [2.45, 2.75) is 26.1 Å². The highest BCUT2D eigenvalue weighted by Gasteiger charge is 2.31. The molecule has 0 spiro atoms. The number of benzene rings is 2. The van der Waals surface area contributed by atoms with E-state index < -0.39 is 40.0 Å². The average molecular weight is 488 g/mol. The van der Waals surface area contributed by atoms with Crippen molar-refractivity contribution in [3.05, 3.63) is 74.5 Å². The van der Waals surface area contributed by atoms with Crippen LogP contribution in [-0.2, 0) is 20.4 Å². The standard InChI is InChI=1S/C21H17ClF3NO7/c1-3-31-11-12(2)19(10-27)33-20(28)15-9-14(5-6-17(15)26(29)30)32-18-7-4-13(8-16(18)22)21(23,24)25/h4-11,19H,3H2,1-2H3. The molecule has 0 saturated carbocycles.